The summed E-state index contributed by atoms with van der Waals surface area (Å²) in [6, 6.07) is 4.27. The second-order valence-electron chi connectivity index (χ2n) is 5.42. The summed E-state index contributed by atoms with van der Waals surface area (Å²) in [6.07, 6.45) is 1.10. The third-order valence-corrected chi connectivity index (χ3v) is 6.50. The van der Waals surface area contributed by atoms with Crippen molar-refractivity contribution in [2.75, 3.05) is 29.6 Å². The number of nitrogens with zero attached hydrogens (tertiary/aromatic N) is 1. The zero-order valence-electron chi connectivity index (χ0n) is 12.4. The van der Waals surface area contributed by atoms with Crippen LogP contribution in [0.3, 0.4) is 0 Å². The van der Waals surface area contributed by atoms with Crippen LogP contribution in [0, 0.1) is 5.82 Å². The fraction of sp³-hybridized carbons (Fsp3) is 0.462. The van der Waals surface area contributed by atoms with Gasteiger partial charge in [-0.25, -0.2) is 21.2 Å². The van der Waals surface area contributed by atoms with Crippen molar-refractivity contribution in [1.29, 1.82) is 0 Å². The van der Waals surface area contributed by atoms with Gasteiger partial charge in [0.15, 0.2) is 9.84 Å². The summed E-state index contributed by atoms with van der Waals surface area (Å²) >= 11 is 0. The van der Waals surface area contributed by atoms with Gasteiger partial charge in [-0.1, -0.05) is 0 Å². The van der Waals surface area contributed by atoms with E-state index in [9.17, 15) is 26.0 Å². The number of carbonyl (C=O) groups is 1. The van der Waals surface area contributed by atoms with Gasteiger partial charge in [0.1, 0.15) is 5.82 Å². The minimum Gasteiger partial charge on any atom is -0.325 e. The topological polar surface area (TPSA) is 101 Å². The minimum absolute atomic E-state index is 0.0940. The molecule has 1 N–H and O–H groups in total. The predicted octanol–water partition coefficient (Wildman–Crippen LogP) is 0.213. The molecule has 23 heavy (non-hydrogen) atoms. The summed E-state index contributed by atoms with van der Waals surface area (Å²) in [7, 11) is -7.02. The fourth-order valence-electron chi connectivity index (χ4n) is 2.39. The lowest BCUT2D eigenvalue weighted by molar-refractivity contribution is -0.116. The Morgan fingerprint density at radius 2 is 1.96 bits per heavy atom. The molecule has 0 bridgehead atoms. The van der Waals surface area contributed by atoms with Crippen LogP contribution < -0.4 is 5.32 Å². The van der Waals surface area contributed by atoms with Crippen LogP contribution in [0.25, 0.3) is 0 Å². The van der Waals surface area contributed by atoms with Crippen molar-refractivity contribution < 1.29 is 26.0 Å². The summed E-state index contributed by atoms with van der Waals surface area (Å²) in [4.78, 5) is 12.0. The smallest absolute Gasteiger partial charge is 0.239 e. The average Bonchev–Trinajstić information content (AvgIpc) is 2.77. The Morgan fingerprint density at radius 3 is 2.43 bits per heavy atom. The predicted molar refractivity (Wildman–Crippen MR) is 83.6 cm³/mol. The molecule has 0 radical (unpaired) electrons. The number of rotatable bonds is 5. The zero-order chi connectivity index (χ0) is 17.3. The second-order valence-corrected chi connectivity index (χ2v) is 9.58. The molecule has 1 aliphatic heterocycles. The lowest BCUT2D eigenvalue weighted by atomic mass is 10.2. The lowest BCUT2D eigenvalue weighted by Gasteiger charge is -2.24. The number of benzene rings is 1. The first-order valence-corrected chi connectivity index (χ1v) is 10.5. The molecule has 10 heteroatoms. The number of hydrogen-bond donors (Lipinski definition) is 1. The van der Waals surface area contributed by atoms with Crippen molar-refractivity contribution in [2.45, 2.75) is 12.5 Å². The highest BCUT2D eigenvalue weighted by Crippen LogP contribution is 2.20. The molecule has 0 aliphatic carbocycles. The molecule has 1 amide bonds. The number of carbonyl (C=O) groups excluding carboxylic acids is 1. The van der Waals surface area contributed by atoms with Gasteiger partial charge >= 0.3 is 0 Å². The number of halogens is 1. The molecule has 0 aromatic heterocycles. The molecule has 2 rings (SSSR count). The molecule has 1 heterocycles. The van der Waals surface area contributed by atoms with Crippen LogP contribution in [0.1, 0.15) is 6.42 Å². The first-order valence-electron chi connectivity index (χ1n) is 6.79. The zero-order valence-corrected chi connectivity index (χ0v) is 14.0. The van der Waals surface area contributed by atoms with Gasteiger partial charge < -0.3 is 5.32 Å². The van der Waals surface area contributed by atoms with Gasteiger partial charge in [0.25, 0.3) is 0 Å². The van der Waals surface area contributed by atoms with Gasteiger partial charge in [-0.15, -0.1) is 0 Å². The Labute approximate surface area is 134 Å². The van der Waals surface area contributed by atoms with Gasteiger partial charge in [-0.05, 0) is 30.7 Å². The first-order chi connectivity index (χ1) is 10.6. The summed E-state index contributed by atoms with van der Waals surface area (Å²) in [5, 5.41) is 2.45. The van der Waals surface area contributed by atoms with Crippen LogP contribution in [-0.2, 0) is 24.7 Å². The second kappa shape index (κ2) is 6.54. The first kappa shape index (κ1) is 17.8. The van der Waals surface area contributed by atoms with Crippen molar-refractivity contribution in [3.63, 3.8) is 0 Å². The Bertz CT molecular complexity index is 790. The number of sulfone groups is 1. The number of anilines is 1. The van der Waals surface area contributed by atoms with Crippen molar-refractivity contribution in [1.82, 2.24) is 4.31 Å². The summed E-state index contributed by atoms with van der Waals surface area (Å²) in [6.45, 7) is -0.490. The molecule has 1 saturated heterocycles. The molecule has 1 aromatic rings. The number of amides is 1. The van der Waals surface area contributed by atoms with Crippen LogP contribution in [-0.4, -0.2) is 57.4 Å². The van der Waals surface area contributed by atoms with E-state index in [0.29, 0.717) is 5.69 Å². The van der Waals surface area contributed by atoms with Crippen LogP contribution >= 0.6 is 0 Å². The molecule has 1 atom stereocenters. The van der Waals surface area contributed by atoms with E-state index < -0.39 is 44.2 Å². The highest BCUT2D eigenvalue weighted by atomic mass is 32.2. The standard InChI is InChI=1S/C13H17FN2O5S2/c1-22(18,19)16(12-6-7-23(20,21)9-12)8-13(17)15-11-4-2-10(14)3-5-11/h2-5,12H,6-9H2,1H3,(H,15,17). The molecule has 1 unspecified atom stereocenters. The highest BCUT2D eigenvalue weighted by molar-refractivity contribution is 7.92. The maximum atomic E-state index is 12.8. The van der Waals surface area contributed by atoms with Crippen LogP contribution in [0.4, 0.5) is 10.1 Å². The molecule has 1 aliphatic rings. The SMILES string of the molecule is CS(=O)(=O)N(CC(=O)Nc1ccc(F)cc1)C1CCS(=O)(=O)C1. The third-order valence-electron chi connectivity index (χ3n) is 3.47. The summed E-state index contributed by atoms with van der Waals surface area (Å²) in [5.74, 6) is -1.46. The monoisotopic (exact) mass is 364 g/mol. The van der Waals surface area contributed by atoms with E-state index in [2.05, 4.69) is 5.32 Å². The van der Waals surface area contributed by atoms with Gasteiger partial charge in [0.05, 0.1) is 24.3 Å². The fourth-order valence-corrected chi connectivity index (χ4v) is 5.29. The molecular formula is C13H17FN2O5S2. The minimum atomic E-state index is -3.74. The summed E-state index contributed by atoms with van der Waals surface area (Å²) < 4.78 is 60.5. The maximum Gasteiger partial charge on any atom is 0.239 e. The van der Waals surface area contributed by atoms with Crippen molar-refractivity contribution in [3.05, 3.63) is 30.1 Å². The van der Waals surface area contributed by atoms with E-state index >= 15 is 0 Å². The Balaban J connectivity index is 2.09. The maximum absolute atomic E-state index is 12.8. The summed E-state index contributed by atoms with van der Waals surface area (Å²) in [5.41, 5.74) is 0.323. The molecule has 0 saturated carbocycles. The normalized spacial score (nSPS) is 20.6. The number of nitrogens with one attached hydrogen (secondary N) is 1. The molecular weight excluding hydrogens is 347 g/mol. The Morgan fingerprint density at radius 1 is 1.35 bits per heavy atom. The molecule has 1 aromatic carbocycles. The molecule has 0 spiro atoms. The highest BCUT2D eigenvalue weighted by Gasteiger charge is 2.37. The number of hydrogen-bond acceptors (Lipinski definition) is 5. The van der Waals surface area contributed by atoms with Crippen LogP contribution in [0.2, 0.25) is 0 Å². The van der Waals surface area contributed by atoms with Crippen molar-refractivity contribution >= 4 is 31.5 Å². The average molecular weight is 364 g/mol. The van der Waals surface area contributed by atoms with Gasteiger partial charge in [0, 0.05) is 11.7 Å². The van der Waals surface area contributed by atoms with Crippen LogP contribution in [0.15, 0.2) is 24.3 Å². The molecule has 7 nitrogen and oxygen atoms in total. The largest absolute Gasteiger partial charge is 0.325 e. The lowest BCUT2D eigenvalue weighted by Crippen LogP contribution is -2.44. The van der Waals surface area contributed by atoms with Crippen molar-refractivity contribution in [2.24, 2.45) is 0 Å². The number of sulfonamides is 1. The van der Waals surface area contributed by atoms with E-state index in [4.69, 9.17) is 0 Å². The quantitative estimate of drug-likeness (QED) is 0.805. The Kier molecular flexibility index (Phi) is 5.07. The molecule has 128 valence electrons. The van der Waals surface area contributed by atoms with Gasteiger partial charge in [-0.2, -0.15) is 4.31 Å². The third kappa shape index (κ3) is 4.98. The van der Waals surface area contributed by atoms with E-state index in [1.165, 1.54) is 12.1 Å². The van der Waals surface area contributed by atoms with E-state index in [1.807, 2.05) is 0 Å². The van der Waals surface area contributed by atoms with Gasteiger partial charge in [-0.3, -0.25) is 4.79 Å². The molecule has 1 fully saturated rings. The van der Waals surface area contributed by atoms with E-state index in [0.717, 1.165) is 22.7 Å². The van der Waals surface area contributed by atoms with Crippen molar-refractivity contribution in [3.8, 4) is 0 Å². The van der Waals surface area contributed by atoms with Crippen LogP contribution in [0.5, 0.6) is 0 Å². The van der Waals surface area contributed by atoms with Gasteiger partial charge in [0.2, 0.25) is 15.9 Å². The van der Waals surface area contributed by atoms with E-state index in [1.54, 1.807) is 0 Å². The Hall–Kier alpha value is -1.52. The van der Waals surface area contributed by atoms with E-state index in [-0.39, 0.29) is 17.9 Å².